The lowest BCUT2D eigenvalue weighted by atomic mass is 9.86. The van der Waals surface area contributed by atoms with Crippen LogP contribution in [0.1, 0.15) is 13.3 Å². The average molecular weight is 229 g/mol. The molecule has 1 saturated heterocycles. The van der Waals surface area contributed by atoms with Gasteiger partial charge in [-0.05, 0) is 6.54 Å². The van der Waals surface area contributed by atoms with Gasteiger partial charge in [-0.15, -0.1) is 0 Å². The lowest BCUT2D eigenvalue weighted by Crippen LogP contribution is -2.70. The van der Waals surface area contributed by atoms with Gasteiger partial charge >= 0.3 is 5.97 Å². The summed E-state index contributed by atoms with van der Waals surface area (Å²) in [5.74, 6) is -0.907. The molecule has 1 rings (SSSR count). The van der Waals surface area contributed by atoms with Crippen molar-refractivity contribution in [3.63, 3.8) is 0 Å². The van der Waals surface area contributed by atoms with Gasteiger partial charge in [-0.25, -0.2) is 0 Å². The largest absolute Gasteiger partial charge is 0.481 e. The molecule has 1 amide bonds. The van der Waals surface area contributed by atoms with E-state index >= 15 is 0 Å². The van der Waals surface area contributed by atoms with Gasteiger partial charge in [-0.1, -0.05) is 6.92 Å². The standard InChI is InChI=1S/C10H19N3O3/c1-3-13(5-8(14)11-2)10(4-9(15)16)6-12-7-10/h12H,3-7H2,1-2H3,(H,11,14)(H,15,16). The van der Waals surface area contributed by atoms with E-state index in [0.717, 1.165) is 0 Å². The number of rotatable bonds is 6. The first-order valence-corrected chi connectivity index (χ1v) is 5.42. The van der Waals surface area contributed by atoms with Crippen LogP contribution in [0.25, 0.3) is 0 Å². The fraction of sp³-hybridized carbons (Fsp3) is 0.800. The number of hydrogen-bond donors (Lipinski definition) is 3. The summed E-state index contributed by atoms with van der Waals surface area (Å²) in [6.45, 7) is 4.11. The average Bonchev–Trinajstić information content (AvgIpc) is 2.19. The molecule has 0 aromatic carbocycles. The molecular formula is C10H19N3O3. The van der Waals surface area contributed by atoms with Crippen LogP contribution in [-0.2, 0) is 9.59 Å². The van der Waals surface area contributed by atoms with E-state index in [4.69, 9.17) is 5.11 Å². The minimum Gasteiger partial charge on any atom is -0.481 e. The van der Waals surface area contributed by atoms with Crippen LogP contribution < -0.4 is 10.6 Å². The van der Waals surface area contributed by atoms with Crippen LogP contribution in [-0.4, -0.2) is 60.6 Å². The van der Waals surface area contributed by atoms with E-state index in [-0.39, 0.29) is 18.9 Å². The summed E-state index contributed by atoms with van der Waals surface area (Å²) < 4.78 is 0. The van der Waals surface area contributed by atoms with Gasteiger partial charge in [0.25, 0.3) is 0 Å². The Morgan fingerprint density at radius 2 is 2.12 bits per heavy atom. The van der Waals surface area contributed by atoms with E-state index in [2.05, 4.69) is 10.6 Å². The summed E-state index contributed by atoms with van der Waals surface area (Å²) >= 11 is 0. The summed E-state index contributed by atoms with van der Waals surface area (Å²) in [7, 11) is 1.58. The topological polar surface area (TPSA) is 81.7 Å². The van der Waals surface area contributed by atoms with E-state index in [1.165, 1.54) is 0 Å². The summed E-state index contributed by atoms with van der Waals surface area (Å²) in [6, 6.07) is 0. The van der Waals surface area contributed by atoms with Gasteiger partial charge in [0.15, 0.2) is 0 Å². The molecule has 0 saturated carbocycles. The predicted molar refractivity (Wildman–Crippen MR) is 59.2 cm³/mol. The minimum absolute atomic E-state index is 0.0742. The molecule has 0 radical (unpaired) electrons. The third kappa shape index (κ3) is 2.70. The highest BCUT2D eigenvalue weighted by Gasteiger charge is 2.44. The van der Waals surface area contributed by atoms with Crippen LogP contribution in [0.5, 0.6) is 0 Å². The second-order valence-electron chi connectivity index (χ2n) is 4.09. The number of likely N-dealkylation sites (N-methyl/N-ethyl adjacent to an activating group) is 2. The summed E-state index contributed by atoms with van der Waals surface area (Å²) in [5.41, 5.74) is -0.396. The van der Waals surface area contributed by atoms with Crippen LogP contribution in [0.15, 0.2) is 0 Å². The Kier molecular flexibility index (Phi) is 4.26. The Labute approximate surface area is 95.0 Å². The third-order valence-corrected chi connectivity index (χ3v) is 3.05. The zero-order chi connectivity index (χ0) is 12.2. The number of nitrogens with one attached hydrogen (secondary N) is 2. The van der Waals surface area contributed by atoms with Gasteiger partial charge in [0.2, 0.25) is 5.91 Å². The molecule has 0 unspecified atom stereocenters. The zero-order valence-corrected chi connectivity index (χ0v) is 9.75. The lowest BCUT2D eigenvalue weighted by molar-refractivity contribution is -0.143. The second-order valence-corrected chi connectivity index (χ2v) is 4.09. The van der Waals surface area contributed by atoms with Crippen molar-refractivity contribution in [1.82, 2.24) is 15.5 Å². The number of carboxylic acids is 1. The molecule has 1 fully saturated rings. The van der Waals surface area contributed by atoms with Crippen molar-refractivity contribution in [2.75, 3.05) is 33.2 Å². The van der Waals surface area contributed by atoms with Crippen molar-refractivity contribution in [3.8, 4) is 0 Å². The number of aliphatic carboxylic acids is 1. The van der Waals surface area contributed by atoms with Crippen molar-refractivity contribution >= 4 is 11.9 Å². The lowest BCUT2D eigenvalue weighted by Gasteiger charge is -2.49. The van der Waals surface area contributed by atoms with E-state index in [0.29, 0.717) is 19.6 Å². The number of amides is 1. The second kappa shape index (κ2) is 5.27. The van der Waals surface area contributed by atoms with Crippen molar-refractivity contribution < 1.29 is 14.7 Å². The first kappa shape index (κ1) is 12.9. The quantitative estimate of drug-likeness (QED) is 0.537. The van der Waals surface area contributed by atoms with E-state index in [1.54, 1.807) is 7.05 Å². The minimum atomic E-state index is -0.822. The summed E-state index contributed by atoms with van der Waals surface area (Å²) in [6.07, 6.45) is 0.0742. The smallest absolute Gasteiger partial charge is 0.305 e. The molecule has 16 heavy (non-hydrogen) atoms. The molecule has 0 spiro atoms. The molecule has 1 aliphatic rings. The molecule has 92 valence electrons. The highest BCUT2D eigenvalue weighted by atomic mass is 16.4. The van der Waals surface area contributed by atoms with Crippen molar-refractivity contribution in [2.45, 2.75) is 18.9 Å². The molecular weight excluding hydrogens is 210 g/mol. The highest BCUT2D eigenvalue weighted by Crippen LogP contribution is 2.24. The number of hydrogen-bond acceptors (Lipinski definition) is 4. The van der Waals surface area contributed by atoms with Gasteiger partial charge in [-0.3, -0.25) is 14.5 Å². The molecule has 0 aliphatic carbocycles. The Morgan fingerprint density at radius 3 is 2.44 bits per heavy atom. The third-order valence-electron chi connectivity index (χ3n) is 3.05. The van der Waals surface area contributed by atoms with Crippen LogP contribution in [0, 0.1) is 0 Å². The van der Waals surface area contributed by atoms with E-state index < -0.39 is 11.5 Å². The van der Waals surface area contributed by atoms with E-state index in [9.17, 15) is 9.59 Å². The Morgan fingerprint density at radius 1 is 1.50 bits per heavy atom. The van der Waals surface area contributed by atoms with Crippen LogP contribution in [0.2, 0.25) is 0 Å². The van der Waals surface area contributed by atoms with Crippen molar-refractivity contribution in [1.29, 1.82) is 0 Å². The number of carbonyl (C=O) groups excluding carboxylic acids is 1. The first-order chi connectivity index (χ1) is 7.54. The Balaban J connectivity index is 2.67. The number of carbonyl (C=O) groups is 2. The van der Waals surface area contributed by atoms with Crippen LogP contribution >= 0.6 is 0 Å². The van der Waals surface area contributed by atoms with Crippen LogP contribution in [0.4, 0.5) is 0 Å². The summed E-state index contributed by atoms with van der Waals surface area (Å²) in [4.78, 5) is 24.1. The fourth-order valence-electron chi connectivity index (χ4n) is 2.02. The van der Waals surface area contributed by atoms with E-state index in [1.807, 2.05) is 11.8 Å². The molecule has 1 aliphatic heterocycles. The highest BCUT2D eigenvalue weighted by molar-refractivity contribution is 5.78. The normalized spacial score (nSPS) is 17.9. The molecule has 0 bridgehead atoms. The monoisotopic (exact) mass is 229 g/mol. The van der Waals surface area contributed by atoms with Crippen molar-refractivity contribution in [2.24, 2.45) is 0 Å². The maximum absolute atomic E-state index is 11.3. The summed E-state index contributed by atoms with van der Waals surface area (Å²) in [5, 5.41) is 14.5. The number of nitrogens with zero attached hydrogens (tertiary/aromatic N) is 1. The van der Waals surface area contributed by atoms with Gasteiger partial charge in [-0.2, -0.15) is 0 Å². The van der Waals surface area contributed by atoms with Crippen LogP contribution in [0.3, 0.4) is 0 Å². The Bertz CT molecular complexity index is 276. The fourth-order valence-corrected chi connectivity index (χ4v) is 2.02. The molecule has 1 heterocycles. The molecule has 6 heteroatoms. The maximum atomic E-state index is 11.3. The number of carboxylic acid groups (broad SMARTS) is 1. The zero-order valence-electron chi connectivity index (χ0n) is 9.75. The first-order valence-electron chi connectivity index (χ1n) is 5.42. The molecule has 0 aromatic rings. The van der Waals surface area contributed by atoms with Crippen molar-refractivity contribution in [3.05, 3.63) is 0 Å². The van der Waals surface area contributed by atoms with Gasteiger partial charge < -0.3 is 15.7 Å². The molecule has 0 aromatic heterocycles. The molecule has 6 nitrogen and oxygen atoms in total. The molecule has 3 N–H and O–H groups in total. The maximum Gasteiger partial charge on any atom is 0.305 e. The SMILES string of the molecule is CCN(CC(=O)NC)C1(CC(=O)O)CNC1. The van der Waals surface area contributed by atoms with Gasteiger partial charge in [0.05, 0.1) is 18.5 Å². The molecule has 0 atom stereocenters. The Hall–Kier alpha value is -1.14. The van der Waals surface area contributed by atoms with Gasteiger partial charge in [0, 0.05) is 20.1 Å². The van der Waals surface area contributed by atoms with Gasteiger partial charge in [0.1, 0.15) is 0 Å². The predicted octanol–water partition coefficient (Wildman–Crippen LogP) is -1.13.